The Kier molecular flexibility index (Phi) is 3.99. The van der Waals surface area contributed by atoms with Gasteiger partial charge in [-0.05, 0) is 39.0 Å². The highest BCUT2D eigenvalue weighted by Crippen LogP contribution is 2.25. The van der Waals surface area contributed by atoms with E-state index < -0.39 is 0 Å². The lowest BCUT2D eigenvalue weighted by molar-refractivity contribution is 0.703. The van der Waals surface area contributed by atoms with Gasteiger partial charge in [0, 0.05) is 17.6 Å². The second-order valence-corrected chi connectivity index (χ2v) is 4.09. The number of nitrogens with zero attached hydrogens (tertiary/aromatic N) is 2. The lowest BCUT2D eigenvalue weighted by Crippen LogP contribution is -2.30. The van der Waals surface area contributed by atoms with Crippen molar-refractivity contribution in [1.29, 1.82) is 5.26 Å². The zero-order chi connectivity index (χ0) is 11.4. The largest absolute Gasteiger partial charge is 0.368 e. The second kappa shape index (κ2) is 5.04. The summed E-state index contributed by atoms with van der Waals surface area (Å²) < 4.78 is 0. The average molecular weight is 223 g/mol. The van der Waals surface area contributed by atoms with E-state index >= 15 is 0 Å². The molecule has 0 bridgehead atoms. The van der Waals surface area contributed by atoms with Crippen molar-refractivity contribution in [3.8, 4) is 6.07 Å². The molecule has 0 aliphatic rings. The third-order valence-electron chi connectivity index (χ3n) is 2.35. The van der Waals surface area contributed by atoms with Crippen LogP contribution in [0.2, 0.25) is 5.02 Å². The van der Waals surface area contributed by atoms with Crippen LogP contribution in [-0.4, -0.2) is 12.6 Å². The Hall–Kier alpha value is -1.20. The molecule has 1 aromatic carbocycles. The van der Waals surface area contributed by atoms with Crippen LogP contribution in [0.5, 0.6) is 0 Å². The molecule has 0 saturated carbocycles. The molecule has 0 radical (unpaired) electrons. The van der Waals surface area contributed by atoms with E-state index in [2.05, 4.69) is 31.7 Å². The lowest BCUT2D eigenvalue weighted by Gasteiger charge is -2.28. The maximum absolute atomic E-state index is 9.02. The normalized spacial score (nSPS) is 10.1. The molecule has 0 aliphatic carbocycles. The standard InChI is InChI=1S/C12H15ClN2/c1-4-15(9(2)3)12-7-11(13)6-5-10(12)8-14/h5-7,9H,4H2,1-3H3. The zero-order valence-corrected chi connectivity index (χ0v) is 10.0. The fraction of sp³-hybridized carbons (Fsp3) is 0.417. The van der Waals surface area contributed by atoms with Crippen molar-refractivity contribution >= 4 is 17.3 Å². The van der Waals surface area contributed by atoms with Gasteiger partial charge in [-0.1, -0.05) is 11.6 Å². The molecule has 1 aromatic rings. The van der Waals surface area contributed by atoms with Gasteiger partial charge in [0.2, 0.25) is 0 Å². The summed E-state index contributed by atoms with van der Waals surface area (Å²) in [6, 6.07) is 7.92. The minimum absolute atomic E-state index is 0.362. The van der Waals surface area contributed by atoms with Crippen molar-refractivity contribution in [3.05, 3.63) is 28.8 Å². The first-order valence-corrected chi connectivity index (χ1v) is 5.44. The molecular weight excluding hydrogens is 208 g/mol. The highest BCUT2D eigenvalue weighted by molar-refractivity contribution is 6.30. The molecular formula is C12H15ClN2. The summed E-state index contributed by atoms with van der Waals surface area (Å²) in [6.07, 6.45) is 0. The zero-order valence-electron chi connectivity index (χ0n) is 9.29. The smallest absolute Gasteiger partial charge is 0.101 e. The van der Waals surface area contributed by atoms with Gasteiger partial charge in [-0.3, -0.25) is 0 Å². The van der Waals surface area contributed by atoms with Crippen LogP contribution in [0, 0.1) is 11.3 Å². The van der Waals surface area contributed by atoms with E-state index in [9.17, 15) is 0 Å². The van der Waals surface area contributed by atoms with E-state index in [0.717, 1.165) is 12.2 Å². The molecule has 0 spiro atoms. The number of hydrogen-bond acceptors (Lipinski definition) is 2. The number of benzene rings is 1. The van der Waals surface area contributed by atoms with Crippen LogP contribution in [0.15, 0.2) is 18.2 Å². The van der Waals surface area contributed by atoms with E-state index in [4.69, 9.17) is 16.9 Å². The first-order chi connectivity index (χ1) is 7.10. The topological polar surface area (TPSA) is 27.0 Å². The van der Waals surface area contributed by atoms with Gasteiger partial charge in [0.05, 0.1) is 11.3 Å². The monoisotopic (exact) mass is 222 g/mol. The summed E-state index contributed by atoms with van der Waals surface area (Å²) in [5.41, 5.74) is 1.59. The third-order valence-corrected chi connectivity index (χ3v) is 2.59. The highest BCUT2D eigenvalue weighted by atomic mass is 35.5. The van der Waals surface area contributed by atoms with E-state index in [0.29, 0.717) is 16.6 Å². The van der Waals surface area contributed by atoms with Crippen molar-refractivity contribution in [3.63, 3.8) is 0 Å². The van der Waals surface area contributed by atoms with Gasteiger partial charge in [-0.15, -0.1) is 0 Å². The van der Waals surface area contributed by atoms with Crippen LogP contribution in [0.1, 0.15) is 26.3 Å². The van der Waals surface area contributed by atoms with E-state index in [1.807, 2.05) is 6.07 Å². The first-order valence-electron chi connectivity index (χ1n) is 5.06. The molecule has 0 saturated heterocycles. The SMILES string of the molecule is CCN(c1cc(Cl)ccc1C#N)C(C)C. The molecule has 0 N–H and O–H groups in total. The van der Waals surface area contributed by atoms with Gasteiger partial charge in [0.15, 0.2) is 0 Å². The maximum atomic E-state index is 9.02. The van der Waals surface area contributed by atoms with Crippen molar-refractivity contribution in [2.24, 2.45) is 0 Å². The fourth-order valence-electron chi connectivity index (χ4n) is 1.65. The Morgan fingerprint density at radius 1 is 1.47 bits per heavy atom. The molecule has 0 atom stereocenters. The van der Waals surface area contributed by atoms with Crippen LogP contribution in [-0.2, 0) is 0 Å². The summed E-state index contributed by atoms with van der Waals surface area (Å²) in [5.74, 6) is 0. The minimum atomic E-state index is 0.362. The van der Waals surface area contributed by atoms with Crippen LogP contribution in [0.4, 0.5) is 5.69 Å². The summed E-state index contributed by atoms with van der Waals surface area (Å²) in [7, 11) is 0. The number of halogens is 1. The van der Waals surface area contributed by atoms with Gasteiger partial charge >= 0.3 is 0 Å². The van der Waals surface area contributed by atoms with Crippen molar-refractivity contribution in [1.82, 2.24) is 0 Å². The van der Waals surface area contributed by atoms with E-state index in [1.165, 1.54) is 0 Å². The van der Waals surface area contributed by atoms with Crippen LogP contribution >= 0.6 is 11.6 Å². The van der Waals surface area contributed by atoms with Crippen LogP contribution in [0.25, 0.3) is 0 Å². The molecule has 0 fully saturated rings. The Bertz CT molecular complexity index is 380. The summed E-state index contributed by atoms with van der Waals surface area (Å²) in [5, 5.41) is 9.69. The molecule has 3 heteroatoms. The highest BCUT2D eigenvalue weighted by Gasteiger charge is 2.12. The van der Waals surface area contributed by atoms with Crippen LogP contribution in [0.3, 0.4) is 0 Å². The predicted octanol–water partition coefficient (Wildman–Crippen LogP) is 3.45. The van der Waals surface area contributed by atoms with E-state index in [-0.39, 0.29) is 0 Å². The van der Waals surface area contributed by atoms with E-state index in [1.54, 1.807) is 12.1 Å². The molecule has 0 amide bonds. The molecule has 2 nitrogen and oxygen atoms in total. The van der Waals surface area contributed by atoms with Crippen LogP contribution < -0.4 is 4.90 Å². The van der Waals surface area contributed by atoms with Crippen molar-refractivity contribution in [2.75, 3.05) is 11.4 Å². The molecule has 15 heavy (non-hydrogen) atoms. The Morgan fingerprint density at radius 3 is 2.60 bits per heavy atom. The average Bonchev–Trinajstić information content (AvgIpc) is 2.18. The minimum Gasteiger partial charge on any atom is -0.368 e. The fourth-order valence-corrected chi connectivity index (χ4v) is 1.82. The molecule has 1 rings (SSSR count). The maximum Gasteiger partial charge on any atom is 0.101 e. The Balaban J connectivity index is 3.21. The summed E-state index contributed by atoms with van der Waals surface area (Å²) >= 11 is 5.94. The quantitative estimate of drug-likeness (QED) is 0.784. The van der Waals surface area contributed by atoms with Gasteiger partial charge in [-0.2, -0.15) is 5.26 Å². The van der Waals surface area contributed by atoms with Gasteiger partial charge in [0.1, 0.15) is 6.07 Å². The molecule has 0 aliphatic heterocycles. The number of anilines is 1. The van der Waals surface area contributed by atoms with Gasteiger partial charge in [0.25, 0.3) is 0 Å². The van der Waals surface area contributed by atoms with Crippen molar-refractivity contribution < 1.29 is 0 Å². The van der Waals surface area contributed by atoms with Gasteiger partial charge < -0.3 is 4.90 Å². The molecule has 0 aromatic heterocycles. The molecule has 80 valence electrons. The first kappa shape index (κ1) is 11.9. The summed E-state index contributed by atoms with van der Waals surface area (Å²) in [6.45, 7) is 7.14. The Morgan fingerprint density at radius 2 is 2.13 bits per heavy atom. The predicted molar refractivity (Wildman–Crippen MR) is 64.3 cm³/mol. The second-order valence-electron chi connectivity index (χ2n) is 3.65. The van der Waals surface area contributed by atoms with Gasteiger partial charge in [-0.25, -0.2) is 0 Å². The molecule has 0 heterocycles. The number of nitriles is 1. The number of hydrogen-bond donors (Lipinski definition) is 0. The van der Waals surface area contributed by atoms with Crippen molar-refractivity contribution in [2.45, 2.75) is 26.8 Å². The number of rotatable bonds is 3. The molecule has 0 unspecified atom stereocenters. The summed E-state index contributed by atoms with van der Waals surface area (Å²) in [4.78, 5) is 2.16. The third kappa shape index (κ3) is 2.64. The Labute approximate surface area is 96.1 Å². The lowest BCUT2D eigenvalue weighted by atomic mass is 10.1.